The number of hydrogen-bond donors (Lipinski definition) is 0. The second-order valence-electron chi connectivity index (χ2n) is 9.58. The first-order valence-electron chi connectivity index (χ1n) is 10.7. The van der Waals surface area contributed by atoms with E-state index in [1.54, 1.807) is 13.3 Å². The molecule has 1 aromatic carbocycles. The van der Waals surface area contributed by atoms with Crippen LogP contribution in [0.15, 0.2) is 53.3 Å². The second kappa shape index (κ2) is 10.2. The highest BCUT2D eigenvalue weighted by molar-refractivity contribution is 9.10. The number of rotatable bonds is 8. The molecule has 0 spiro atoms. The van der Waals surface area contributed by atoms with Gasteiger partial charge in [-0.25, -0.2) is 0 Å². The molecule has 7 heteroatoms. The van der Waals surface area contributed by atoms with Crippen LogP contribution in [0.5, 0.6) is 0 Å². The lowest BCUT2D eigenvalue weighted by atomic mass is 10.0. The smallest absolute Gasteiger partial charge is 0.192 e. The van der Waals surface area contributed by atoms with E-state index in [-0.39, 0.29) is 29.5 Å². The molecule has 1 aliphatic heterocycles. The summed E-state index contributed by atoms with van der Waals surface area (Å²) in [7, 11) is -0.331. The molecule has 3 rings (SSSR count). The summed E-state index contributed by atoms with van der Waals surface area (Å²) in [6, 6.07) is 12.2. The van der Waals surface area contributed by atoms with Gasteiger partial charge in [-0.1, -0.05) is 51.1 Å². The van der Waals surface area contributed by atoms with Crippen molar-refractivity contribution in [3.63, 3.8) is 0 Å². The van der Waals surface area contributed by atoms with Gasteiger partial charge in [0.05, 0.1) is 13.2 Å². The van der Waals surface area contributed by atoms with E-state index in [4.69, 9.17) is 18.6 Å². The van der Waals surface area contributed by atoms with Crippen molar-refractivity contribution < 1.29 is 18.6 Å². The molecule has 4 atom stereocenters. The van der Waals surface area contributed by atoms with Crippen LogP contribution in [0.1, 0.15) is 38.0 Å². The van der Waals surface area contributed by atoms with Gasteiger partial charge in [0.15, 0.2) is 8.32 Å². The number of ether oxygens (including phenoxy) is 3. The number of hydrogen-bond acceptors (Lipinski definition) is 5. The Hall–Kier alpha value is -1.09. The first-order valence-corrected chi connectivity index (χ1v) is 14.4. The first kappa shape index (κ1) is 24.5. The average molecular weight is 509 g/mol. The third-order valence-corrected chi connectivity index (χ3v) is 11.2. The quantitative estimate of drug-likeness (QED) is 0.415. The third kappa shape index (κ3) is 6.03. The molecule has 5 nitrogen and oxygen atoms in total. The minimum atomic E-state index is -2.05. The van der Waals surface area contributed by atoms with Gasteiger partial charge in [-0.15, -0.1) is 0 Å². The van der Waals surface area contributed by atoms with Crippen LogP contribution in [0.25, 0.3) is 0 Å². The number of halogens is 1. The number of benzene rings is 1. The van der Waals surface area contributed by atoms with Gasteiger partial charge in [0.1, 0.15) is 24.4 Å². The summed E-state index contributed by atoms with van der Waals surface area (Å²) in [4.78, 5) is 4.32. The Morgan fingerprint density at radius 2 is 1.81 bits per heavy atom. The van der Waals surface area contributed by atoms with Gasteiger partial charge in [0, 0.05) is 29.5 Å². The highest BCUT2D eigenvalue weighted by Crippen LogP contribution is 2.43. The summed E-state index contributed by atoms with van der Waals surface area (Å²) in [5.74, 6) is 0. The third-order valence-electron chi connectivity index (χ3n) is 6.27. The summed E-state index contributed by atoms with van der Waals surface area (Å²) in [6.45, 7) is 12.2. The van der Waals surface area contributed by atoms with Crippen molar-refractivity contribution in [3.8, 4) is 0 Å². The monoisotopic (exact) mass is 507 g/mol. The van der Waals surface area contributed by atoms with E-state index in [2.05, 4.69) is 66.9 Å². The van der Waals surface area contributed by atoms with Crippen LogP contribution in [0.3, 0.4) is 0 Å². The Kier molecular flexibility index (Phi) is 8.10. The summed E-state index contributed by atoms with van der Waals surface area (Å²) >= 11 is 3.52. The van der Waals surface area contributed by atoms with Crippen LogP contribution in [0.2, 0.25) is 18.1 Å². The molecule has 1 aliphatic rings. The van der Waals surface area contributed by atoms with Crippen molar-refractivity contribution in [2.24, 2.45) is 0 Å². The Bertz CT molecular complexity index is 843. The maximum Gasteiger partial charge on any atom is 0.192 e. The minimum absolute atomic E-state index is 0.0795. The maximum atomic E-state index is 6.84. The molecule has 0 N–H and O–H groups in total. The van der Waals surface area contributed by atoms with E-state index >= 15 is 0 Å². The molecule has 0 aliphatic carbocycles. The van der Waals surface area contributed by atoms with Crippen LogP contribution < -0.4 is 0 Å². The first-order chi connectivity index (χ1) is 14.6. The minimum Gasteiger partial charge on any atom is -0.408 e. The van der Waals surface area contributed by atoms with E-state index in [0.29, 0.717) is 13.2 Å². The number of nitrogens with zero attached hydrogens (tertiary/aromatic N) is 1. The van der Waals surface area contributed by atoms with Gasteiger partial charge in [-0.2, -0.15) is 0 Å². The van der Waals surface area contributed by atoms with E-state index in [9.17, 15) is 0 Å². The highest BCUT2D eigenvalue weighted by Gasteiger charge is 2.51. The molecule has 0 radical (unpaired) electrons. The topological polar surface area (TPSA) is 49.8 Å². The van der Waals surface area contributed by atoms with Gasteiger partial charge in [-0.05, 0) is 45.7 Å². The molecule has 1 aromatic heterocycles. The molecule has 2 aromatic rings. The molecule has 0 amide bonds. The van der Waals surface area contributed by atoms with Crippen LogP contribution in [0, 0.1) is 0 Å². The molecule has 0 unspecified atom stereocenters. The summed E-state index contributed by atoms with van der Waals surface area (Å²) in [5.41, 5.74) is 2.11. The van der Waals surface area contributed by atoms with E-state index in [1.807, 2.05) is 30.5 Å². The fraction of sp³-hybridized carbons (Fsp3) is 0.542. The van der Waals surface area contributed by atoms with Crippen molar-refractivity contribution in [2.75, 3.05) is 13.7 Å². The predicted molar refractivity (Wildman–Crippen MR) is 129 cm³/mol. The largest absolute Gasteiger partial charge is 0.408 e. The molecule has 1 fully saturated rings. The zero-order valence-electron chi connectivity index (χ0n) is 19.3. The average Bonchev–Trinajstić information content (AvgIpc) is 3.05. The Morgan fingerprint density at radius 3 is 2.42 bits per heavy atom. The van der Waals surface area contributed by atoms with Crippen molar-refractivity contribution in [1.82, 2.24) is 4.98 Å². The summed E-state index contributed by atoms with van der Waals surface area (Å²) in [5, 5.41) is 0.0795. The Balaban J connectivity index is 1.81. The van der Waals surface area contributed by atoms with Crippen LogP contribution in [0.4, 0.5) is 0 Å². The lowest BCUT2D eigenvalue weighted by Crippen LogP contribution is -2.50. The molecular formula is C24H34BrNO4Si. The molecule has 1 saturated heterocycles. The van der Waals surface area contributed by atoms with Gasteiger partial charge < -0.3 is 18.6 Å². The van der Waals surface area contributed by atoms with Crippen molar-refractivity contribution in [2.45, 2.75) is 69.9 Å². The zero-order valence-corrected chi connectivity index (χ0v) is 21.9. The highest BCUT2D eigenvalue weighted by atomic mass is 79.9. The van der Waals surface area contributed by atoms with E-state index in [1.165, 1.54) is 0 Å². The van der Waals surface area contributed by atoms with Gasteiger partial charge in [0.2, 0.25) is 0 Å². The standard InChI is InChI=1S/C24H34BrNO4Si/c1-24(2,3)31(5,6)30-22-20(16-28-15-17-10-8-7-9-11-17)29-21(23(22)27-4)18-12-19(25)14-26-13-18/h7-14,20-23H,15-16H2,1-6H3/t20-,21+,22-,23+/m1/s1. The zero-order chi connectivity index (χ0) is 22.6. The predicted octanol–water partition coefficient (Wildman–Crippen LogP) is 5.91. The number of methoxy groups -OCH3 is 1. The van der Waals surface area contributed by atoms with E-state index in [0.717, 1.165) is 15.6 Å². The lowest BCUT2D eigenvalue weighted by molar-refractivity contribution is -0.0468. The van der Waals surface area contributed by atoms with Crippen LogP contribution >= 0.6 is 15.9 Å². The number of pyridine rings is 1. The van der Waals surface area contributed by atoms with E-state index < -0.39 is 8.32 Å². The fourth-order valence-electron chi connectivity index (χ4n) is 3.50. The Morgan fingerprint density at radius 1 is 1.10 bits per heavy atom. The molecule has 0 bridgehead atoms. The SMILES string of the molecule is CO[C@@H]1[C@H](O[Si](C)(C)C(C)(C)C)[C@@H](COCc2ccccc2)O[C@H]1c1cncc(Br)c1. The molecule has 170 valence electrons. The molecular weight excluding hydrogens is 474 g/mol. The van der Waals surface area contributed by atoms with Crippen molar-refractivity contribution in [1.29, 1.82) is 0 Å². The molecule has 31 heavy (non-hydrogen) atoms. The van der Waals surface area contributed by atoms with Gasteiger partial charge in [0.25, 0.3) is 0 Å². The number of aromatic nitrogens is 1. The molecule has 0 saturated carbocycles. The molecule has 2 heterocycles. The second-order valence-corrected chi connectivity index (χ2v) is 15.2. The maximum absolute atomic E-state index is 6.84. The summed E-state index contributed by atoms with van der Waals surface area (Å²) in [6.07, 6.45) is 2.64. The summed E-state index contributed by atoms with van der Waals surface area (Å²) < 4.78 is 26.3. The van der Waals surface area contributed by atoms with Crippen LogP contribution in [-0.2, 0) is 25.2 Å². The normalized spacial score (nSPS) is 24.5. The van der Waals surface area contributed by atoms with Crippen LogP contribution in [-0.4, -0.2) is 45.3 Å². The fourth-order valence-corrected chi connectivity index (χ4v) is 5.20. The van der Waals surface area contributed by atoms with Gasteiger partial charge in [-0.3, -0.25) is 4.98 Å². The lowest BCUT2D eigenvalue weighted by Gasteiger charge is -2.40. The Labute approximate surface area is 195 Å². The van der Waals surface area contributed by atoms with Crippen molar-refractivity contribution in [3.05, 3.63) is 64.4 Å². The van der Waals surface area contributed by atoms with Gasteiger partial charge >= 0.3 is 0 Å². The van der Waals surface area contributed by atoms with Crippen molar-refractivity contribution >= 4 is 24.2 Å².